The zero-order chi connectivity index (χ0) is 13.8. The molecule has 2 saturated heterocycles. The molecule has 1 N–H and O–H groups in total. The summed E-state index contributed by atoms with van der Waals surface area (Å²) < 4.78 is 0. The Morgan fingerprint density at radius 1 is 1.15 bits per heavy atom. The summed E-state index contributed by atoms with van der Waals surface area (Å²) in [4.78, 5) is 2.60. The number of rotatable bonds is 4. The Morgan fingerprint density at radius 3 is 2.55 bits per heavy atom. The molecule has 2 nitrogen and oxygen atoms in total. The van der Waals surface area contributed by atoms with E-state index in [1.54, 1.807) is 0 Å². The average Bonchev–Trinajstić information content (AvgIpc) is 2.88. The third-order valence-electron chi connectivity index (χ3n) is 4.66. The smallest absolute Gasteiger partial charge is 0.0233 e. The summed E-state index contributed by atoms with van der Waals surface area (Å²) in [5.74, 6) is 1.34. The van der Waals surface area contributed by atoms with Crippen LogP contribution in [0.1, 0.15) is 31.7 Å². The molecule has 0 aliphatic carbocycles. The van der Waals surface area contributed by atoms with Crippen molar-refractivity contribution in [2.75, 3.05) is 18.8 Å². The van der Waals surface area contributed by atoms with Gasteiger partial charge in [-0.3, -0.25) is 4.90 Å². The lowest BCUT2D eigenvalue weighted by Gasteiger charge is -2.34. The summed E-state index contributed by atoms with van der Waals surface area (Å²) in [6.07, 6.45) is 3.97. The molecule has 2 aliphatic rings. The molecule has 1 aromatic carbocycles. The van der Waals surface area contributed by atoms with Gasteiger partial charge in [0.25, 0.3) is 0 Å². The highest BCUT2D eigenvalue weighted by atomic mass is 32.2. The van der Waals surface area contributed by atoms with E-state index in [0.717, 1.165) is 23.9 Å². The Bertz CT molecular complexity index is 401. The maximum Gasteiger partial charge on any atom is 0.0233 e. The maximum absolute atomic E-state index is 3.90. The van der Waals surface area contributed by atoms with E-state index < -0.39 is 0 Å². The van der Waals surface area contributed by atoms with E-state index in [0.29, 0.717) is 0 Å². The van der Waals surface area contributed by atoms with Gasteiger partial charge < -0.3 is 5.32 Å². The van der Waals surface area contributed by atoms with E-state index in [1.807, 2.05) is 0 Å². The second-order valence-corrected chi connectivity index (χ2v) is 7.66. The van der Waals surface area contributed by atoms with Crippen molar-refractivity contribution in [3.63, 3.8) is 0 Å². The molecule has 0 radical (unpaired) electrons. The zero-order valence-electron chi connectivity index (χ0n) is 12.4. The van der Waals surface area contributed by atoms with Gasteiger partial charge in [-0.05, 0) is 43.7 Å². The molecular formula is C17H26N2S. The highest BCUT2D eigenvalue weighted by Crippen LogP contribution is 2.27. The van der Waals surface area contributed by atoms with Crippen LogP contribution in [0.25, 0.3) is 0 Å². The first-order valence-corrected chi connectivity index (χ1v) is 9.00. The predicted molar refractivity (Wildman–Crippen MR) is 88.2 cm³/mol. The molecule has 1 aromatic rings. The zero-order valence-corrected chi connectivity index (χ0v) is 13.2. The quantitative estimate of drug-likeness (QED) is 0.917. The van der Waals surface area contributed by atoms with Crippen molar-refractivity contribution in [3.8, 4) is 0 Å². The van der Waals surface area contributed by atoms with Gasteiger partial charge in [0.05, 0.1) is 0 Å². The summed E-state index contributed by atoms with van der Waals surface area (Å²) in [5, 5.41) is 4.71. The highest BCUT2D eigenvalue weighted by molar-refractivity contribution is 8.00. The predicted octanol–water partition coefficient (Wildman–Crippen LogP) is 3.13. The number of nitrogens with one attached hydrogen (secondary N) is 1. The molecule has 2 atom stereocenters. The Kier molecular flexibility index (Phi) is 5.03. The molecule has 2 fully saturated rings. The molecule has 0 saturated carbocycles. The summed E-state index contributed by atoms with van der Waals surface area (Å²) in [7, 11) is 0. The van der Waals surface area contributed by atoms with Crippen molar-refractivity contribution in [2.45, 2.75) is 50.1 Å². The maximum atomic E-state index is 3.90. The van der Waals surface area contributed by atoms with Crippen LogP contribution in [-0.2, 0) is 6.54 Å². The van der Waals surface area contributed by atoms with E-state index in [9.17, 15) is 0 Å². The van der Waals surface area contributed by atoms with Gasteiger partial charge in [-0.2, -0.15) is 11.8 Å². The fraction of sp³-hybridized carbons (Fsp3) is 0.647. The van der Waals surface area contributed by atoms with Crippen molar-refractivity contribution >= 4 is 11.8 Å². The number of nitrogens with zero attached hydrogens (tertiary/aromatic N) is 1. The molecule has 3 heteroatoms. The molecule has 0 aromatic heterocycles. The van der Waals surface area contributed by atoms with Crippen molar-refractivity contribution in [2.24, 2.45) is 0 Å². The number of hydrogen-bond donors (Lipinski definition) is 1. The second kappa shape index (κ2) is 6.97. The van der Waals surface area contributed by atoms with Crippen molar-refractivity contribution in [1.29, 1.82) is 0 Å². The Morgan fingerprint density at radius 2 is 1.90 bits per heavy atom. The van der Waals surface area contributed by atoms with Crippen LogP contribution in [0.3, 0.4) is 0 Å². The first kappa shape index (κ1) is 14.4. The standard InChI is InChI=1S/C17H26N2S/c1-14-17(9-12-20-14)18-16-7-10-19(11-8-16)13-15-5-3-2-4-6-15/h2-6,14,16-18H,7-13H2,1H3. The Balaban J connectivity index is 1.43. The Labute approximate surface area is 127 Å². The minimum atomic E-state index is 0.744. The van der Waals surface area contributed by atoms with Crippen LogP contribution in [-0.4, -0.2) is 41.1 Å². The lowest BCUT2D eigenvalue weighted by molar-refractivity contribution is 0.184. The van der Waals surface area contributed by atoms with E-state index in [1.165, 1.54) is 43.7 Å². The van der Waals surface area contributed by atoms with Crippen LogP contribution in [0.5, 0.6) is 0 Å². The van der Waals surface area contributed by atoms with E-state index in [-0.39, 0.29) is 0 Å². The molecule has 20 heavy (non-hydrogen) atoms. The van der Waals surface area contributed by atoms with Gasteiger partial charge in [0.15, 0.2) is 0 Å². The lowest BCUT2D eigenvalue weighted by atomic mass is 10.0. The fourth-order valence-corrected chi connectivity index (χ4v) is 4.56. The van der Waals surface area contributed by atoms with Crippen LogP contribution in [0.2, 0.25) is 0 Å². The third-order valence-corrected chi connectivity index (χ3v) is 5.99. The largest absolute Gasteiger partial charge is 0.310 e. The molecule has 2 unspecified atom stereocenters. The number of likely N-dealkylation sites (tertiary alicyclic amines) is 1. The normalized spacial score (nSPS) is 28.9. The van der Waals surface area contributed by atoms with Gasteiger partial charge in [0.1, 0.15) is 0 Å². The van der Waals surface area contributed by atoms with E-state index in [2.05, 4.69) is 59.2 Å². The minimum Gasteiger partial charge on any atom is -0.310 e. The van der Waals surface area contributed by atoms with Crippen LogP contribution in [0.4, 0.5) is 0 Å². The number of hydrogen-bond acceptors (Lipinski definition) is 3. The molecule has 110 valence electrons. The number of thioether (sulfide) groups is 1. The molecule has 2 heterocycles. The van der Waals surface area contributed by atoms with Gasteiger partial charge in [0, 0.05) is 23.9 Å². The van der Waals surface area contributed by atoms with E-state index >= 15 is 0 Å². The topological polar surface area (TPSA) is 15.3 Å². The van der Waals surface area contributed by atoms with Crippen LogP contribution in [0, 0.1) is 0 Å². The van der Waals surface area contributed by atoms with Crippen LogP contribution in [0.15, 0.2) is 30.3 Å². The minimum absolute atomic E-state index is 0.744. The molecule has 0 spiro atoms. The van der Waals surface area contributed by atoms with Gasteiger partial charge >= 0.3 is 0 Å². The van der Waals surface area contributed by atoms with Crippen molar-refractivity contribution in [1.82, 2.24) is 10.2 Å². The second-order valence-electron chi connectivity index (χ2n) is 6.17. The van der Waals surface area contributed by atoms with Crippen LogP contribution < -0.4 is 5.32 Å². The van der Waals surface area contributed by atoms with Crippen LogP contribution >= 0.6 is 11.8 Å². The monoisotopic (exact) mass is 290 g/mol. The first-order valence-electron chi connectivity index (χ1n) is 7.95. The summed E-state index contributed by atoms with van der Waals surface area (Å²) in [6, 6.07) is 12.4. The summed E-state index contributed by atoms with van der Waals surface area (Å²) in [5.41, 5.74) is 1.44. The number of benzene rings is 1. The summed E-state index contributed by atoms with van der Waals surface area (Å²) in [6.45, 7) is 5.96. The van der Waals surface area contributed by atoms with Crippen molar-refractivity contribution < 1.29 is 0 Å². The van der Waals surface area contributed by atoms with Gasteiger partial charge in [-0.1, -0.05) is 37.3 Å². The SMILES string of the molecule is CC1SCCC1NC1CCN(Cc2ccccc2)CC1. The fourth-order valence-electron chi connectivity index (χ4n) is 3.35. The van der Waals surface area contributed by atoms with Gasteiger partial charge in [-0.15, -0.1) is 0 Å². The van der Waals surface area contributed by atoms with Crippen molar-refractivity contribution in [3.05, 3.63) is 35.9 Å². The molecule has 3 rings (SSSR count). The third kappa shape index (κ3) is 3.78. The molecule has 2 aliphatic heterocycles. The molecular weight excluding hydrogens is 264 g/mol. The van der Waals surface area contributed by atoms with Gasteiger partial charge in [-0.25, -0.2) is 0 Å². The lowest BCUT2D eigenvalue weighted by Crippen LogP contribution is -2.47. The number of piperidine rings is 1. The average molecular weight is 290 g/mol. The highest BCUT2D eigenvalue weighted by Gasteiger charge is 2.27. The molecule has 0 amide bonds. The van der Waals surface area contributed by atoms with E-state index in [4.69, 9.17) is 0 Å². The first-order chi connectivity index (χ1) is 9.81. The Hall–Kier alpha value is -0.510. The molecule has 0 bridgehead atoms. The summed E-state index contributed by atoms with van der Waals surface area (Å²) >= 11 is 2.12. The van der Waals surface area contributed by atoms with Gasteiger partial charge in [0.2, 0.25) is 0 Å².